The molecule has 6 heteroatoms. The summed E-state index contributed by atoms with van der Waals surface area (Å²) in [6.45, 7) is 2.90. The molecule has 0 aliphatic rings. The van der Waals surface area contributed by atoms with Gasteiger partial charge in [0.15, 0.2) is 0 Å². The van der Waals surface area contributed by atoms with Gasteiger partial charge in [-0.25, -0.2) is 0 Å². The molecule has 104 valence electrons. The number of nitrogens with zero attached hydrogens (tertiary/aromatic N) is 1. The summed E-state index contributed by atoms with van der Waals surface area (Å²) >= 11 is 7.16. The molecule has 0 aliphatic carbocycles. The Labute approximate surface area is 121 Å². The molecule has 0 unspecified atom stereocenters. The lowest BCUT2D eigenvalue weighted by atomic mass is 10.2. The molecule has 0 radical (unpaired) electrons. The summed E-state index contributed by atoms with van der Waals surface area (Å²) in [7, 11) is 0. The largest absolute Gasteiger partial charge is 0.481 e. The average molecular weight is 302 g/mol. The second-order valence-electron chi connectivity index (χ2n) is 3.89. The van der Waals surface area contributed by atoms with Crippen LogP contribution >= 0.6 is 23.4 Å². The fraction of sp³-hybridized carbons (Fsp3) is 0.385. The van der Waals surface area contributed by atoms with Crippen LogP contribution in [0.2, 0.25) is 5.02 Å². The van der Waals surface area contributed by atoms with Gasteiger partial charge in [-0.1, -0.05) is 29.8 Å². The van der Waals surface area contributed by atoms with E-state index < -0.39 is 5.97 Å². The maximum absolute atomic E-state index is 11.9. The van der Waals surface area contributed by atoms with Gasteiger partial charge in [-0.15, -0.1) is 11.8 Å². The van der Waals surface area contributed by atoms with Gasteiger partial charge >= 0.3 is 5.97 Å². The van der Waals surface area contributed by atoms with Crippen LogP contribution in [-0.4, -0.2) is 39.9 Å². The van der Waals surface area contributed by atoms with E-state index in [0.29, 0.717) is 18.1 Å². The molecule has 1 aromatic carbocycles. The van der Waals surface area contributed by atoms with Gasteiger partial charge in [0.2, 0.25) is 5.91 Å². The summed E-state index contributed by atoms with van der Waals surface area (Å²) in [5, 5.41) is 9.16. The van der Waals surface area contributed by atoms with Crippen LogP contribution in [0.1, 0.15) is 12.5 Å². The fourth-order valence-corrected chi connectivity index (χ4v) is 2.35. The molecule has 0 spiro atoms. The first kappa shape index (κ1) is 15.9. The molecule has 0 saturated heterocycles. The van der Waals surface area contributed by atoms with Gasteiger partial charge in [0.05, 0.1) is 11.5 Å². The highest BCUT2D eigenvalue weighted by Crippen LogP contribution is 2.17. The topological polar surface area (TPSA) is 57.6 Å². The number of carboxylic acids is 1. The molecule has 0 aromatic heterocycles. The maximum atomic E-state index is 11.9. The van der Waals surface area contributed by atoms with E-state index in [1.807, 2.05) is 25.1 Å². The van der Waals surface area contributed by atoms with E-state index in [9.17, 15) is 9.59 Å². The summed E-state index contributed by atoms with van der Waals surface area (Å²) < 4.78 is 0. The molecule has 1 aromatic rings. The Morgan fingerprint density at radius 2 is 2.00 bits per heavy atom. The van der Waals surface area contributed by atoms with Crippen LogP contribution in [0.3, 0.4) is 0 Å². The number of halogens is 1. The molecular formula is C13H16ClNO3S. The molecule has 0 aliphatic heterocycles. The van der Waals surface area contributed by atoms with Crippen LogP contribution in [0.4, 0.5) is 0 Å². The minimum atomic E-state index is -0.910. The Morgan fingerprint density at radius 3 is 2.58 bits per heavy atom. The van der Waals surface area contributed by atoms with Gasteiger partial charge in [-0.05, 0) is 18.6 Å². The smallest absolute Gasteiger partial charge is 0.313 e. The third kappa shape index (κ3) is 5.53. The Balaban J connectivity index is 2.55. The predicted octanol–water partition coefficient (Wildman–Crippen LogP) is 2.51. The molecular weight excluding hydrogens is 286 g/mol. The summed E-state index contributed by atoms with van der Waals surface area (Å²) in [6.07, 6.45) is 0. The van der Waals surface area contributed by atoms with E-state index in [-0.39, 0.29) is 17.4 Å². The predicted molar refractivity (Wildman–Crippen MR) is 77.5 cm³/mol. The molecule has 0 bridgehead atoms. The molecule has 1 N–H and O–H groups in total. The Kier molecular flexibility index (Phi) is 6.73. The minimum absolute atomic E-state index is 0.0601. The summed E-state index contributed by atoms with van der Waals surface area (Å²) in [5.74, 6) is -0.874. The quantitative estimate of drug-likeness (QED) is 0.841. The lowest BCUT2D eigenvalue weighted by Crippen LogP contribution is -2.32. The van der Waals surface area contributed by atoms with Crippen molar-refractivity contribution in [1.82, 2.24) is 4.90 Å². The highest BCUT2D eigenvalue weighted by molar-refractivity contribution is 8.00. The lowest BCUT2D eigenvalue weighted by Gasteiger charge is -2.21. The van der Waals surface area contributed by atoms with Gasteiger partial charge < -0.3 is 10.0 Å². The lowest BCUT2D eigenvalue weighted by molar-refractivity contribution is -0.133. The van der Waals surface area contributed by atoms with Crippen molar-refractivity contribution >= 4 is 35.2 Å². The molecule has 1 amide bonds. The monoisotopic (exact) mass is 301 g/mol. The van der Waals surface area contributed by atoms with Gasteiger partial charge in [0.1, 0.15) is 0 Å². The number of aliphatic carboxylic acids is 1. The third-order valence-electron chi connectivity index (χ3n) is 2.50. The number of benzene rings is 1. The maximum Gasteiger partial charge on any atom is 0.313 e. The van der Waals surface area contributed by atoms with Crippen molar-refractivity contribution in [1.29, 1.82) is 0 Å². The van der Waals surface area contributed by atoms with Gasteiger partial charge in [0, 0.05) is 18.1 Å². The minimum Gasteiger partial charge on any atom is -0.481 e. The molecule has 0 atom stereocenters. The first-order valence-electron chi connectivity index (χ1n) is 5.85. The fourth-order valence-electron chi connectivity index (χ4n) is 1.53. The third-order valence-corrected chi connectivity index (χ3v) is 3.78. The van der Waals surface area contributed by atoms with Gasteiger partial charge in [-0.3, -0.25) is 9.59 Å². The van der Waals surface area contributed by atoms with Crippen molar-refractivity contribution in [3.63, 3.8) is 0 Å². The average Bonchev–Trinajstić information content (AvgIpc) is 2.37. The van der Waals surface area contributed by atoms with Crippen LogP contribution in [0.25, 0.3) is 0 Å². The zero-order valence-corrected chi connectivity index (χ0v) is 12.2. The highest BCUT2D eigenvalue weighted by atomic mass is 35.5. The molecule has 0 saturated carbocycles. The van der Waals surface area contributed by atoms with Crippen molar-refractivity contribution in [2.45, 2.75) is 13.5 Å². The number of carbonyl (C=O) groups is 2. The first-order valence-corrected chi connectivity index (χ1v) is 7.38. The first-order chi connectivity index (χ1) is 9.04. The zero-order valence-electron chi connectivity index (χ0n) is 10.6. The second kappa shape index (κ2) is 8.07. The van der Waals surface area contributed by atoms with Crippen LogP contribution in [0.15, 0.2) is 24.3 Å². The highest BCUT2D eigenvalue weighted by Gasteiger charge is 2.14. The zero-order chi connectivity index (χ0) is 14.3. The van der Waals surface area contributed by atoms with Crippen LogP contribution in [-0.2, 0) is 16.1 Å². The number of hydrogen-bond acceptors (Lipinski definition) is 3. The van der Waals surface area contributed by atoms with Crippen molar-refractivity contribution in [3.05, 3.63) is 34.9 Å². The SMILES string of the molecule is CCN(Cc1ccccc1Cl)C(=O)CSCC(=O)O. The molecule has 19 heavy (non-hydrogen) atoms. The summed E-state index contributed by atoms with van der Waals surface area (Å²) in [6, 6.07) is 7.38. The number of thioether (sulfide) groups is 1. The van der Waals surface area contributed by atoms with Crippen LogP contribution < -0.4 is 0 Å². The Hall–Kier alpha value is -1.20. The van der Waals surface area contributed by atoms with Crippen molar-refractivity contribution in [2.75, 3.05) is 18.1 Å². The van der Waals surface area contributed by atoms with Crippen LogP contribution in [0, 0.1) is 0 Å². The van der Waals surface area contributed by atoms with E-state index in [2.05, 4.69) is 0 Å². The van der Waals surface area contributed by atoms with Crippen LogP contribution in [0.5, 0.6) is 0 Å². The second-order valence-corrected chi connectivity index (χ2v) is 5.28. The molecule has 4 nitrogen and oxygen atoms in total. The van der Waals surface area contributed by atoms with E-state index >= 15 is 0 Å². The number of hydrogen-bond donors (Lipinski definition) is 1. The number of carbonyl (C=O) groups excluding carboxylic acids is 1. The summed E-state index contributed by atoms with van der Waals surface area (Å²) in [5.41, 5.74) is 0.891. The Morgan fingerprint density at radius 1 is 1.32 bits per heavy atom. The molecule has 0 fully saturated rings. The van der Waals surface area contributed by atoms with Gasteiger partial charge in [-0.2, -0.15) is 0 Å². The Bertz CT molecular complexity index is 453. The normalized spacial score (nSPS) is 10.2. The van der Waals surface area contributed by atoms with E-state index in [0.717, 1.165) is 17.3 Å². The number of amides is 1. The van der Waals surface area contributed by atoms with E-state index in [4.69, 9.17) is 16.7 Å². The van der Waals surface area contributed by atoms with Crippen molar-refractivity contribution < 1.29 is 14.7 Å². The summed E-state index contributed by atoms with van der Waals surface area (Å²) in [4.78, 5) is 24.0. The van der Waals surface area contributed by atoms with E-state index in [1.165, 1.54) is 0 Å². The van der Waals surface area contributed by atoms with E-state index in [1.54, 1.807) is 11.0 Å². The molecule has 1 rings (SSSR count). The number of rotatable bonds is 7. The number of carboxylic acid groups (broad SMARTS) is 1. The van der Waals surface area contributed by atoms with Gasteiger partial charge in [0.25, 0.3) is 0 Å². The molecule has 0 heterocycles. The van der Waals surface area contributed by atoms with Crippen molar-refractivity contribution in [3.8, 4) is 0 Å². The standard InChI is InChI=1S/C13H16ClNO3S/c1-2-15(12(16)8-19-9-13(17)18)7-10-5-3-4-6-11(10)14/h3-6H,2,7-9H2,1H3,(H,17,18). The van der Waals surface area contributed by atoms with Crippen molar-refractivity contribution in [2.24, 2.45) is 0 Å².